The van der Waals surface area contributed by atoms with Gasteiger partial charge in [0, 0.05) is 37.0 Å². The van der Waals surface area contributed by atoms with E-state index in [2.05, 4.69) is 72.8 Å². The van der Waals surface area contributed by atoms with E-state index in [4.69, 9.17) is 10.4 Å². The SMILES string of the molecule is Cc1ccc(-c2csc(Cc3cc(C)c(CCN4CCNC4=N)cc3C)n2)cc1. The van der Waals surface area contributed by atoms with E-state index in [0.29, 0.717) is 5.96 Å². The molecule has 0 unspecified atom stereocenters. The molecule has 2 aromatic carbocycles. The van der Waals surface area contributed by atoms with Gasteiger partial charge in [-0.15, -0.1) is 11.3 Å². The molecule has 29 heavy (non-hydrogen) atoms. The zero-order valence-electron chi connectivity index (χ0n) is 17.4. The van der Waals surface area contributed by atoms with Gasteiger partial charge in [0.15, 0.2) is 5.96 Å². The van der Waals surface area contributed by atoms with Crippen LogP contribution in [0.25, 0.3) is 11.3 Å². The first-order valence-corrected chi connectivity index (χ1v) is 11.1. The molecule has 0 bridgehead atoms. The Labute approximate surface area is 177 Å². The number of aromatic nitrogens is 1. The summed E-state index contributed by atoms with van der Waals surface area (Å²) >= 11 is 1.74. The summed E-state index contributed by atoms with van der Waals surface area (Å²) in [5.74, 6) is 0.559. The van der Waals surface area contributed by atoms with Gasteiger partial charge in [0.05, 0.1) is 10.7 Å². The highest BCUT2D eigenvalue weighted by molar-refractivity contribution is 7.10. The largest absolute Gasteiger partial charge is 0.355 e. The highest BCUT2D eigenvalue weighted by Crippen LogP contribution is 2.26. The summed E-state index contributed by atoms with van der Waals surface area (Å²) < 4.78 is 0. The van der Waals surface area contributed by atoms with Crippen LogP contribution in [0.5, 0.6) is 0 Å². The molecular formula is C24H28N4S. The maximum atomic E-state index is 7.91. The second-order valence-electron chi connectivity index (χ2n) is 7.89. The number of hydrogen-bond donors (Lipinski definition) is 2. The summed E-state index contributed by atoms with van der Waals surface area (Å²) in [6.07, 6.45) is 1.86. The molecule has 0 aliphatic carbocycles. The van der Waals surface area contributed by atoms with Crippen molar-refractivity contribution in [3.63, 3.8) is 0 Å². The Morgan fingerprint density at radius 2 is 1.79 bits per heavy atom. The molecule has 0 radical (unpaired) electrons. The lowest BCUT2D eigenvalue weighted by molar-refractivity contribution is 0.463. The predicted octanol–water partition coefficient (Wildman–Crippen LogP) is 4.71. The second kappa shape index (κ2) is 8.37. The van der Waals surface area contributed by atoms with Crippen LogP contribution >= 0.6 is 11.3 Å². The number of benzene rings is 2. The van der Waals surface area contributed by atoms with Crippen molar-refractivity contribution < 1.29 is 0 Å². The van der Waals surface area contributed by atoms with Crippen LogP contribution in [0.2, 0.25) is 0 Å². The zero-order chi connectivity index (χ0) is 20.4. The molecule has 0 spiro atoms. The van der Waals surface area contributed by atoms with Crippen LogP contribution in [0.15, 0.2) is 41.8 Å². The fourth-order valence-electron chi connectivity index (χ4n) is 3.82. The van der Waals surface area contributed by atoms with Crippen LogP contribution < -0.4 is 5.32 Å². The fourth-order valence-corrected chi connectivity index (χ4v) is 4.65. The quantitative estimate of drug-likeness (QED) is 0.626. The second-order valence-corrected chi connectivity index (χ2v) is 8.83. The first-order valence-electron chi connectivity index (χ1n) is 10.2. The maximum Gasteiger partial charge on any atom is 0.191 e. The third-order valence-corrected chi connectivity index (χ3v) is 6.53. The van der Waals surface area contributed by atoms with Crippen molar-refractivity contribution in [3.05, 3.63) is 74.6 Å². The van der Waals surface area contributed by atoms with Crippen molar-refractivity contribution in [2.24, 2.45) is 0 Å². The first kappa shape index (κ1) is 19.6. The van der Waals surface area contributed by atoms with Crippen molar-refractivity contribution >= 4 is 17.3 Å². The molecule has 2 N–H and O–H groups in total. The molecule has 1 aromatic heterocycles. The van der Waals surface area contributed by atoms with Crippen LogP contribution in [0.4, 0.5) is 0 Å². The molecule has 2 heterocycles. The minimum Gasteiger partial charge on any atom is -0.355 e. The van der Waals surface area contributed by atoms with E-state index < -0.39 is 0 Å². The Morgan fingerprint density at radius 3 is 2.52 bits per heavy atom. The molecule has 1 aliphatic rings. The lowest BCUT2D eigenvalue weighted by Crippen LogP contribution is -2.30. The van der Waals surface area contributed by atoms with E-state index in [-0.39, 0.29) is 0 Å². The number of aryl methyl sites for hydroxylation is 3. The fraction of sp³-hybridized carbons (Fsp3) is 0.333. The van der Waals surface area contributed by atoms with Crippen LogP contribution in [0.1, 0.15) is 32.8 Å². The van der Waals surface area contributed by atoms with Gasteiger partial charge in [-0.3, -0.25) is 5.41 Å². The van der Waals surface area contributed by atoms with Crippen LogP contribution in [-0.4, -0.2) is 35.5 Å². The van der Waals surface area contributed by atoms with Crippen molar-refractivity contribution in [2.45, 2.75) is 33.6 Å². The summed E-state index contributed by atoms with van der Waals surface area (Å²) in [5, 5.41) is 14.3. The van der Waals surface area contributed by atoms with Crippen molar-refractivity contribution in [1.29, 1.82) is 5.41 Å². The Hall–Kier alpha value is -2.66. The Morgan fingerprint density at radius 1 is 1.07 bits per heavy atom. The van der Waals surface area contributed by atoms with Crippen molar-refractivity contribution in [3.8, 4) is 11.3 Å². The van der Waals surface area contributed by atoms with E-state index in [1.165, 1.54) is 33.4 Å². The van der Waals surface area contributed by atoms with Gasteiger partial charge in [-0.1, -0.05) is 42.0 Å². The van der Waals surface area contributed by atoms with Gasteiger partial charge in [0.25, 0.3) is 0 Å². The van der Waals surface area contributed by atoms with Crippen LogP contribution in [0.3, 0.4) is 0 Å². The first-order chi connectivity index (χ1) is 14.0. The molecule has 4 nitrogen and oxygen atoms in total. The molecule has 1 saturated heterocycles. The average Bonchev–Trinajstić information content (AvgIpc) is 3.33. The third-order valence-electron chi connectivity index (χ3n) is 5.68. The predicted molar refractivity (Wildman–Crippen MR) is 122 cm³/mol. The third kappa shape index (κ3) is 4.51. The number of guanidine groups is 1. The average molecular weight is 405 g/mol. The van der Waals surface area contributed by atoms with E-state index in [1.54, 1.807) is 11.3 Å². The van der Waals surface area contributed by atoms with Crippen LogP contribution in [0, 0.1) is 26.2 Å². The molecule has 0 amide bonds. The molecule has 150 valence electrons. The van der Waals surface area contributed by atoms with Crippen LogP contribution in [-0.2, 0) is 12.8 Å². The van der Waals surface area contributed by atoms with Crippen molar-refractivity contribution in [2.75, 3.05) is 19.6 Å². The molecule has 1 fully saturated rings. The van der Waals surface area contributed by atoms with Gasteiger partial charge >= 0.3 is 0 Å². The molecule has 0 saturated carbocycles. The lowest BCUT2D eigenvalue weighted by Gasteiger charge is -2.18. The van der Waals surface area contributed by atoms with Gasteiger partial charge in [-0.25, -0.2) is 4.98 Å². The van der Waals surface area contributed by atoms with Gasteiger partial charge in [0.1, 0.15) is 0 Å². The van der Waals surface area contributed by atoms with E-state index in [9.17, 15) is 0 Å². The number of thiazole rings is 1. The number of nitrogens with zero attached hydrogens (tertiary/aromatic N) is 2. The minimum absolute atomic E-state index is 0.559. The Kier molecular flexibility index (Phi) is 5.67. The van der Waals surface area contributed by atoms with Gasteiger partial charge in [-0.05, 0) is 49.4 Å². The molecule has 5 heteroatoms. The molecule has 3 aromatic rings. The lowest BCUT2D eigenvalue weighted by atomic mass is 9.96. The number of hydrogen-bond acceptors (Lipinski definition) is 3. The normalized spacial score (nSPS) is 13.8. The summed E-state index contributed by atoms with van der Waals surface area (Å²) in [6, 6.07) is 13.2. The minimum atomic E-state index is 0.559. The Balaban J connectivity index is 1.46. The van der Waals surface area contributed by atoms with Gasteiger partial charge < -0.3 is 10.2 Å². The topological polar surface area (TPSA) is 52.0 Å². The Bertz CT molecular complexity index is 1020. The number of nitrogens with one attached hydrogen (secondary N) is 2. The molecular weight excluding hydrogens is 376 g/mol. The molecule has 0 atom stereocenters. The smallest absolute Gasteiger partial charge is 0.191 e. The summed E-state index contributed by atoms with van der Waals surface area (Å²) in [5.41, 5.74) is 8.91. The highest BCUT2D eigenvalue weighted by atomic mass is 32.1. The van der Waals surface area contributed by atoms with Gasteiger partial charge in [-0.2, -0.15) is 0 Å². The van der Waals surface area contributed by atoms with E-state index in [1.807, 2.05) is 0 Å². The molecule has 4 rings (SSSR count). The monoisotopic (exact) mass is 404 g/mol. The summed E-state index contributed by atoms with van der Waals surface area (Å²) in [7, 11) is 0. The van der Waals surface area contributed by atoms with E-state index in [0.717, 1.165) is 43.2 Å². The van der Waals surface area contributed by atoms with E-state index >= 15 is 0 Å². The van der Waals surface area contributed by atoms with Gasteiger partial charge in [0.2, 0.25) is 0 Å². The number of rotatable bonds is 6. The molecule has 1 aliphatic heterocycles. The standard InChI is InChI=1S/C24H28N4S/c1-16-4-6-19(7-5-16)22-15-29-23(27-22)14-21-13-17(2)20(12-18(21)3)8-10-28-11-9-26-24(28)25/h4-7,12-13,15H,8-11,14H2,1-3H3,(H2,25,26). The summed E-state index contributed by atoms with van der Waals surface area (Å²) in [6.45, 7) is 9.23. The summed E-state index contributed by atoms with van der Waals surface area (Å²) in [4.78, 5) is 6.99. The maximum absolute atomic E-state index is 7.91. The van der Waals surface area contributed by atoms with Crippen molar-refractivity contribution in [1.82, 2.24) is 15.2 Å². The highest BCUT2D eigenvalue weighted by Gasteiger charge is 2.16. The zero-order valence-corrected chi connectivity index (χ0v) is 18.2.